The van der Waals surface area contributed by atoms with Crippen molar-refractivity contribution >= 4 is 5.91 Å². The molecule has 16 heavy (non-hydrogen) atoms. The minimum atomic E-state index is -0.359. The molecule has 0 heterocycles. The quantitative estimate of drug-likeness (QED) is 0.792. The molecule has 0 radical (unpaired) electrons. The van der Waals surface area contributed by atoms with Gasteiger partial charge < -0.3 is 11.1 Å². The number of amides is 1. The van der Waals surface area contributed by atoms with Crippen LogP contribution in [0.15, 0.2) is 18.2 Å². The van der Waals surface area contributed by atoms with E-state index < -0.39 is 0 Å². The Morgan fingerprint density at radius 1 is 1.38 bits per heavy atom. The van der Waals surface area contributed by atoms with Crippen LogP contribution in [0.3, 0.4) is 0 Å². The summed E-state index contributed by atoms with van der Waals surface area (Å²) < 4.78 is 0. The van der Waals surface area contributed by atoms with Crippen molar-refractivity contribution in [2.75, 3.05) is 6.54 Å². The van der Waals surface area contributed by atoms with Crippen molar-refractivity contribution in [1.29, 1.82) is 0 Å². The third kappa shape index (κ3) is 4.03. The Bertz CT molecular complexity index is 372. The van der Waals surface area contributed by atoms with E-state index in [1.807, 2.05) is 19.1 Å². The number of nitrogens with two attached hydrogens (primary N) is 1. The number of rotatable bonds is 5. The lowest BCUT2D eigenvalue weighted by Gasteiger charge is -2.09. The van der Waals surface area contributed by atoms with Gasteiger partial charge in [0.1, 0.15) is 0 Å². The van der Waals surface area contributed by atoms with Crippen LogP contribution in [0.2, 0.25) is 0 Å². The zero-order valence-corrected chi connectivity index (χ0v) is 10.2. The number of carbonyl (C=O) groups excluding carboxylic acids is 1. The molecular weight excluding hydrogens is 200 g/mol. The van der Waals surface area contributed by atoms with Gasteiger partial charge in [-0.15, -0.1) is 0 Å². The van der Waals surface area contributed by atoms with E-state index in [4.69, 9.17) is 5.73 Å². The standard InChI is InChI=1S/C13H20N2O/c1-9(2)15-5-4-11-6-10(3)7-12(8-11)13(14)16/h6-9,15H,4-5H2,1-3H3,(H2,14,16). The molecule has 3 N–H and O–H groups in total. The Kier molecular flexibility index (Phi) is 4.50. The first-order valence-corrected chi connectivity index (χ1v) is 5.63. The molecular formula is C13H20N2O. The molecule has 0 spiro atoms. The summed E-state index contributed by atoms with van der Waals surface area (Å²) in [4.78, 5) is 11.1. The third-order valence-electron chi connectivity index (χ3n) is 2.39. The van der Waals surface area contributed by atoms with E-state index in [0.29, 0.717) is 11.6 Å². The lowest BCUT2D eigenvalue weighted by Crippen LogP contribution is -2.25. The number of hydrogen-bond acceptors (Lipinski definition) is 2. The van der Waals surface area contributed by atoms with Gasteiger partial charge in [-0.25, -0.2) is 0 Å². The Hall–Kier alpha value is -1.35. The average molecular weight is 220 g/mol. The molecule has 0 aliphatic rings. The molecule has 88 valence electrons. The van der Waals surface area contributed by atoms with Crippen LogP contribution in [0.25, 0.3) is 0 Å². The molecule has 0 bridgehead atoms. The summed E-state index contributed by atoms with van der Waals surface area (Å²) in [6, 6.07) is 6.27. The van der Waals surface area contributed by atoms with Gasteiger partial charge in [-0.05, 0) is 37.6 Å². The molecule has 3 heteroatoms. The molecule has 1 aromatic carbocycles. The van der Waals surface area contributed by atoms with Crippen LogP contribution in [-0.2, 0) is 6.42 Å². The van der Waals surface area contributed by atoms with Crippen LogP contribution < -0.4 is 11.1 Å². The summed E-state index contributed by atoms with van der Waals surface area (Å²) in [5.74, 6) is -0.359. The van der Waals surface area contributed by atoms with Crippen molar-refractivity contribution < 1.29 is 4.79 Å². The second kappa shape index (κ2) is 5.66. The molecule has 0 saturated carbocycles. The number of benzene rings is 1. The van der Waals surface area contributed by atoms with Gasteiger partial charge in [-0.3, -0.25) is 4.79 Å². The molecule has 3 nitrogen and oxygen atoms in total. The summed E-state index contributed by atoms with van der Waals surface area (Å²) in [5, 5.41) is 3.35. The lowest BCUT2D eigenvalue weighted by molar-refractivity contribution is 0.1000. The molecule has 0 unspecified atom stereocenters. The van der Waals surface area contributed by atoms with Crippen molar-refractivity contribution in [2.45, 2.75) is 33.2 Å². The van der Waals surface area contributed by atoms with Gasteiger partial charge >= 0.3 is 0 Å². The van der Waals surface area contributed by atoms with Gasteiger partial charge in [0.2, 0.25) is 5.91 Å². The SMILES string of the molecule is Cc1cc(CCNC(C)C)cc(C(N)=O)c1. The minimum absolute atomic E-state index is 0.359. The monoisotopic (exact) mass is 220 g/mol. The molecule has 1 amide bonds. The Morgan fingerprint density at radius 2 is 2.06 bits per heavy atom. The van der Waals surface area contributed by atoms with Crippen molar-refractivity contribution in [2.24, 2.45) is 5.73 Å². The summed E-state index contributed by atoms with van der Waals surface area (Å²) >= 11 is 0. The Morgan fingerprint density at radius 3 is 2.62 bits per heavy atom. The topological polar surface area (TPSA) is 55.1 Å². The Labute approximate surface area is 97.0 Å². The Balaban J connectivity index is 2.69. The molecule has 0 saturated heterocycles. The summed E-state index contributed by atoms with van der Waals surface area (Å²) in [6.07, 6.45) is 0.917. The van der Waals surface area contributed by atoms with E-state index >= 15 is 0 Å². The highest BCUT2D eigenvalue weighted by atomic mass is 16.1. The second-order valence-electron chi connectivity index (χ2n) is 4.43. The van der Waals surface area contributed by atoms with Crippen molar-refractivity contribution in [3.8, 4) is 0 Å². The molecule has 0 atom stereocenters. The first-order valence-electron chi connectivity index (χ1n) is 5.63. The van der Waals surface area contributed by atoms with Gasteiger partial charge in [0, 0.05) is 11.6 Å². The maximum absolute atomic E-state index is 11.1. The molecule has 1 aromatic rings. The largest absolute Gasteiger partial charge is 0.366 e. The van der Waals surface area contributed by atoms with Crippen LogP contribution in [-0.4, -0.2) is 18.5 Å². The van der Waals surface area contributed by atoms with Crippen LogP contribution in [0.5, 0.6) is 0 Å². The number of aryl methyl sites for hydroxylation is 1. The summed E-state index contributed by atoms with van der Waals surface area (Å²) in [6.45, 7) is 7.13. The zero-order chi connectivity index (χ0) is 12.1. The van der Waals surface area contributed by atoms with Crippen molar-refractivity contribution in [1.82, 2.24) is 5.32 Å². The highest BCUT2D eigenvalue weighted by Gasteiger charge is 2.03. The molecule has 0 aliphatic heterocycles. The molecule has 0 aromatic heterocycles. The number of primary amides is 1. The lowest BCUT2D eigenvalue weighted by atomic mass is 10.0. The highest BCUT2D eigenvalue weighted by Crippen LogP contribution is 2.09. The van der Waals surface area contributed by atoms with E-state index in [0.717, 1.165) is 24.1 Å². The fraction of sp³-hybridized carbons (Fsp3) is 0.462. The molecule has 0 aliphatic carbocycles. The van der Waals surface area contributed by atoms with E-state index in [1.165, 1.54) is 0 Å². The average Bonchev–Trinajstić information content (AvgIpc) is 2.16. The number of carbonyl (C=O) groups is 1. The summed E-state index contributed by atoms with van der Waals surface area (Å²) in [5.41, 5.74) is 8.10. The molecule has 0 fully saturated rings. The van der Waals surface area contributed by atoms with E-state index in [-0.39, 0.29) is 5.91 Å². The van der Waals surface area contributed by atoms with E-state index in [2.05, 4.69) is 25.2 Å². The van der Waals surface area contributed by atoms with Gasteiger partial charge in [-0.1, -0.05) is 25.5 Å². The summed E-state index contributed by atoms with van der Waals surface area (Å²) in [7, 11) is 0. The number of nitrogens with one attached hydrogen (secondary N) is 1. The van der Waals surface area contributed by atoms with Crippen LogP contribution >= 0.6 is 0 Å². The van der Waals surface area contributed by atoms with Crippen LogP contribution in [0, 0.1) is 6.92 Å². The highest BCUT2D eigenvalue weighted by molar-refractivity contribution is 5.93. The van der Waals surface area contributed by atoms with E-state index in [9.17, 15) is 4.79 Å². The zero-order valence-electron chi connectivity index (χ0n) is 10.2. The van der Waals surface area contributed by atoms with Gasteiger partial charge in [0.05, 0.1) is 0 Å². The fourth-order valence-corrected chi connectivity index (χ4v) is 1.65. The first-order chi connectivity index (χ1) is 7.49. The van der Waals surface area contributed by atoms with Gasteiger partial charge in [-0.2, -0.15) is 0 Å². The van der Waals surface area contributed by atoms with Crippen molar-refractivity contribution in [3.63, 3.8) is 0 Å². The van der Waals surface area contributed by atoms with Crippen LogP contribution in [0.1, 0.15) is 35.3 Å². The van der Waals surface area contributed by atoms with Gasteiger partial charge in [0.15, 0.2) is 0 Å². The van der Waals surface area contributed by atoms with E-state index in [1.54, 1.807) is 0 Å². The predicted octanol–water partition coefficient (Wildman–Crippen LogP) is 1.63. The first kappa shape index (κ1) is 12.7. The minimum Gasteiger partial charge on any atom is -0.366 e. The predicted molar refractivity (Wildman–Crippen MR) is 66.5 cm³/mol. The normalized spacial score (nSPS) is 10.8. The maximum atomic E-state index is 11.1. The smallest absolute Gasteiger partial charge is 0.248 e. The van der Waals surface area contributed by atoms with Crippen molar-refractivity contribution in [3.05, 3.63) is 34.9 Å². The molecule has 1 rings (SSSR count). The third-order valence-corrected chi connectivity index (χ3v) is 2.39. The maximum Gasteiger partial charge on any atom is 0.248 e. The van der Waals surface area contributed by atoms with Crippen LogP contribution in [0.4, 0.5) is 0 Å². The second-order valence-corrected chi connectivity index (χ2v) is 4.43. The fourth-order valence-electron chi connectivity index (χ4n) is 1.65. The number of hydrogen-bond donors (Lipinski definition) is 2. The van der Waals surface area contributed by atoms with Gasteiger partial charge in [0.25, 0.3) is 0 Å².